The van der Waals surface area contributed by atoms with Gasteiger partial charge in [0.25, 0.3) is 0 Å². The lowest BCUT2D eigenvalue weighted by Gasteiger charge is -2.34. The summed E-state index contributed by atoms with van der Waals surface area (Å²) in [4.78, 5) is 25.8. The molecule has 1 amide bonds. The van der Waals surface area contributed by atoms with Crippen LogP contribution in [0.15, 0.2) is 18.5 Å². The lowest BCUT2D eigenvalue weighted by atomic mass is 9.95. The molecule has 0 bridgehead atoms. The number of anilines is 1. The van der Waals surface area contributed by atoms with Gasteiger partial charge in [-0.3, -0.25) is 4.79 Å². The number of likely N-dealkylation sites (tertiary alicyclic amines) is 1. The second-order valence-corrected chi connectivity index (χ2v) is 7.73. The highest BCUT2D eigenvalue weighted by Gasteiger charge is 2.27. The van der Waals surface area contributed by atoms with Gasteiger partial charge in [-0.25, -0.2) is 9.97 Å². The highest BCUT2D eigenvalue weighted by molar-refractivity contribution is 5.79. The number of nitrogens with one attached hydrogen (secondary N) is 1. The fourth-order valence-corrected chi connectivity index (χ4v) is 4.04. The smallest absolute Gasteiger partial charge is 0.225 e. The molecule has 2 aliphatic rings. The zero-order valence-electron chi connectivity index (χ0n) is 15.5. The Morgan fingerprint density at radius 3 is 2.64 bits per heavy atom. The van der Waals surface area contributed by atoms with Gasteiger partial charge in [-0.1, -0.05) is 6.92 Å². The van der Waals surface area contributed by atoms with Gasteiger partial charge in [0.2, 0.25) is 11.9 Å². The molecule has 25 heavy (non-hydrogen) atoms. The molecule has 1 aromatic heterocycles. The number of hydrogen-bond acceptors (Lipinski definition) is 5. The molecule has 0 aromatic carbocycles. The van der Waals surface area contributed by atoms with Crippen molar-refractivity contribution in [2.24, 2.45) is 11.8 Å². The molecule has 138 valence electrons. The van der Waals surface area contributed by atoms with Gasteiger partial charge in [0.15, 0.2) is 0 Å². The summed E-state index contributed by atoms with van der Waals surface area (Å²) in [6, 6.07) is 2.04. The van der Waals surface area contributed by atoms with Crippen LogP contribution < -0.4 is 10.2 Å². The maximum absolute atomic E-state index is 12.6. The van der Waals surface area contributed by atoms with Crippen molar-refractivity contribution < 1.29 is 4.79 Å². The molecule has 0 radical (unpaired) electrons. The van der Waals surface area contributed by atoms with Gasteiger partial charge in [-0.15, -0.1) is 0 Å². The first kappa shape index (κ1) is 18.1. The van der Waals surface area contributed by atoms with Gasteiger partial charge in [-0.05, 0) is 51.1 Å². The van der Waals surface area contributed by atoms with Crippen LogP contribution in [0.5, 0.6) is 0 Å². The molecule has 0 spiro atoms. The first-order valence-electron chi connectivity index (χ1n) is 9.66. The number of carbonyl (C=O) groups excluding carboxylic acids is 1. The quantitative estimate of drug-likeness (QED) is 0.883. The molecule has 3 rings (SSSR count). The molecular formula is C19H31N5O. The van der Waals surface area contributed by atoms with E-state index in [4.69, 9.17) is 0 Å². The Morgan fingerprint density at radius 2 is 1.96 bits per heavy atom. The van der Waals surface area contributed by atoms with Gasteiger partial charge in [0, 0.05) is 50.5 Å². The van der Waals surface area contributed by atoms with E-state index in [2.05, 4.69) is 38.9 Å². The largest absolute Gasteiger partial charge is 0.352 e. The van der Waals surface area contributed by atoms with Crippen molar-refractivity contribution in [2.75, 3.05) is 37.6 Å². The maximum Gasteiger partial charge on any atom is 0.225 e. The summed E-state index contributed by atoms with van der Waals surface area (Å²) in [5.41, 5.74) is 0. The molecule has 2 saturated heterocycles. The maximum atomic E-state index is 12.6. The minimum absolute atomic E-state index is 0.114. The molecule has 0 saturated carbocycles. The minimum atomic E-state index is 0.114. The summed E-state index contributed by atoms with van der Waals surface area (Å²) in [5.74, 6) is 1.88. The normalized spacial score (nSPS) is 24.1. The predicted octanol–water partition coefficient (Wildman–Crippen LogP) is 1.93. The average Bonchev–Trinajstić information content (AvgIpc) is 2.62. The topological polar surface area (TPSA) is 61.4 Å². The van der Waals surface area contributed by atoms with Crippen LogP contribution in [0.2, 0.25) is 0 Å². The predicted molar refractivity (Wildman–Crippen MR) is 99.4 cm³/mol. The number of piperidine rings is 2. The summed E-state index contributed by atoms with van der Waals surface area (Å²) >= 11 is 0. The first-order valence-corrected chi connectivity index (χ1v) is 9.66. The third-order valence-electron chi connectivity index (χ3n) is 5.36. The molecule has 6 heteroatoms. The molecule has 3 heterocycles. The van der Waals surface area contributed by atoms with Crippen molar-refractivity contribution >= 4 is 11.9 Å². The van der Waals surface area contributed by atoms with Crippen LogP contribution >= 0.6 is 0 Å². The lowest BCUT2D eigenvalue weighted by Crippen LogP contribution is -2.48. The SMILES string of the molecule is C[C@@H]1CCCN(C[C@@H](C)NC(=O)C2CCN(c3ncccn3)CC2)C1. The Morgan fingerprint density at radius 1 is 1.24 bits per heavy atom. The van der Waals surface area contributed by atoms with Gasteiger partial charge < -0.3 is 15.1 Å². The first-order chi connectivity index (χ1) is 12.1. The summed E-state index contributed by atoms with van der Waals surface area (Å²) in [6.45, 7) is 9.44. The van der Waals surface area contributed by atoms with E-state index in [1.807, 2.05) is 6.07 Å². The Kier molecular flexibility index (Phi) is 6.24. The monoisotopic (exact) mass is 345 g/mol. The molecule has 1 aromatic rings. The fraction of sp³-hybridized carbons (Fsp3) is 0.737. The van der Waals surface area contributed by atoms with Gasteiger partial charge in [0.1, 0.15) is 0 Å². The molecule has 1 N–H and O–H groups in total. The van der Waals surface area contributed by atoms with E-state index in [0.717, 1.165) is 50.9 Å². The lowest BCUT2D eigenvalue weighted by molar-refractivity contribution is -0.126. The van der Waals surface area contributed by atoms with Crippen molar-refractivity contribution in [1.82, 2.24) is 20.2 Å². The van der Waals surface area contributed by atoms with E-state index in [1.165, 1.54) is 19.4 Å². The van der Waals surface area contributed by atoms with Crippen LogP contribution in [0.25, 0.3) is 0 Å². The van der Waals surface area contributed by atoms with E-state index >= 15 is 0 Å². The van der Waals surface area contributed by atoms with Crippen molar-refractivity contribution in [3.8, 4) is 0 Å². The molecule has 2 fully saturated rings. The van der Waals surface area contributed by atoms with Crippen molar-refractivity contribution in [1.29, 1.82) is 0 Å². The fourth-order valence-electron chi connectivity index (χ4n) is 4.04. The third kappa shape index (κ3) is 5.14. The Hall–Kier alpha value is -1.69. The summed E-state index contributed by atoms with van der Waals surface area (Å²) < 4.78 is 0. The van der Waals surface area contributed by atoms with Crippen molar-refractivity contribution in [3.63, 3.8) is 0 Å². The third-order valence-corrected chi connectivity index (χ3v) is 5.36. The van der Waals surface area contributed by atoms with Gasteiger partial charge >= 0.3 is 0 Å². The standard InChI is InChI=1S/C19H31N5O/c1-15-5-3-10-23(13-15)14-16(2)22-18(25)17-6-11-24(12-7-17)19-20-8-4-9-21-19/h4,8-9,15-17H,3,5-7,10-14H2,1-2H3,(H,22,25)/t15-,16-/m1/s1. The Bertz CT molecular complexity index is 544. The van der Waals surface area contributed by atoms with E-state index in [-0.39, 0.29) is 17.9 Å². The van der Waals surface area contributed by atoms with Crippen LogP contribution in [-0.2, 0) is 4.79 Å². The molecular weight excluding hydrogens is 314 g/mol. The van der Waals surface area contributed by atoms with E-state index in [0.29, 0.717) is 0 Å². The molecule has 6 nitrogen and oxygen atoms in total. The van der Waals surface area contributed by atoms with Crippen LogP contribution in [-0.4, -0.2) is 59.5 Å². The van der Waals surface area contributed by atoms with E-state index < -0.39 is 0 Å². The van der Waals surface area contributed by atoms with Gasteiger partial charge in [-0.2, -0.15) is 0 Å². The molecule has 2 aliphatic heterocycles. The average molecular weight is 345 g/mol. The number of amides is 1. The van der Waals surface area contributed by atoms with Crippen LogP contribution in [0, 0.1) is 11.8 Å². The zero-order valence-corrected chi connectivity index (χ0v) is 15.5. The Balaban J connectivity index is 1.41. The number of hydrogen-bond donors (Lipinski definition) is 1. The minimum Gasteiger partial charge on any atom is -0.352 e. The highest BCUT2D eigenvalue weighted by atomic mass is 16.1. The van der Waals surface area contributed by atoms with Crippen molar-refractivity contribution in [3.05, 3.63) is 18.5 Å². The van der Waals surface area contributed by atoms with Crippen LogP contribution in [0.1, 0.15) is 39.5 Å². The number of rotatable bonds is 5. The second-order valence-electron chi connectivity index (χ2n) is 7.73. The number of carbonyl (C=O) groups is 1. The van der Waals surface area contributed by atoms with Crippen LogP contribution in [0.3, 0.4) is 0 Å². The zero-order chi connectivity index (χ0) is 17.6. The second kappa shape index (κ2) is 8.61. The number of aromatic nitrogens is 2. The van der Waals surface area contributed by atoms with Gasteiger partial charge in [0.05, 0.1) is 0 Å². The summed E-state index contributed by atoms with van der Waals surface area (Å²) in [6.07, 6.45) is 7.90. The van der Waals surface area contributed by atoms with Crippen LogP contribution in [0.4, 0.5) is 5.95 Å². The molecule has 0 unspecified atom stereocenters. The summed E-state index contributed by atoms with van der Waals surface area (Å²) in [7, 11) is 0. The molecule has 2 atom stereocenters. The van der Waals surface area contributed by atoms with E-state index in [1.54, 1.807) is 12.4 Å². The summed E-state index contributed by atoms with van der Waals surface area (Å²) in [5, 5.41) is 3.24. The van der Waals surface area contributed by atoms with Crippen molar-refractivity contribution in [2.45, 2.75) is 45.6 Å². The Labute approximate surface area is 151 Å². The highest BCUT2D eigenvalue weighted by Crippen LogP contribution is 2.21. The van der Waals surface area contributed by atoms with E-state index in [9.17, 15) is 4.79 Å². The molecule has 0 aliphatic carbocycles. The number of nitrogens with zero attached hydrogens (tertiary/aromatic N) is 4.